The molecule has 0 aliphatic rings. The van der Waals surface area contributed by atoms with Crippen LogP contribution in [0.3, 0.4) is 0 Å². The Bertz CT molecular complexity index is 574. The summed E-state index contributed by atoms with van der Waals surface area (Å²) in [4.78, 5) is 17.4. The van der Waals surface area contributed by atoms with Gasteiger partial charge in [-0.15, -0.1) is 0 Å². The second-order valence-corrected chi connectivity index (χ2v) is 4.73. The summed E-state index contributed by atoms with van der Waals surface area (Å²) < 4.78 is 0. The van der Waals surface area contributed by atoms with Gasteiger partial charge in [0, 0.05) is 18.5 Å². The number of amides is 1. The lowest BCUT2D eigenvalue weighted by Crippen LogP contribution is -2.31. The molecule has 1 amide bonds. The summed E-state index contributed by atoms with van der Waals surface area (Å²) in [5.41, 5.74) is 8.04. The average molecular weight is 259 g/mol. The van der Waals surface area contributed by atoms with Crippen molar-refractivity contribution in [3.05, 3.63) is 30.0 Å². The lowest BCUT2D eigenvalue weighted by Gasteiger charge is -2.19. The smallest absolute Gasteiger partial charge is 0.270 e. The predicted molar refractivity (Wildman–Crippen MR) is 79.2 cm³/mol. The molecule has 4 heteroatoms. The third-order valence-corrected chi connectivity index (χ3v) is 3.37. The van der Waals surface area contributed by atoms with Crippen LogP contribution >= 0.6 is 0 Å². The maximum atomic E-state index is 12.4. The molecule has 0 spiro atoms. The zero-order chi connectivity index (χ0) is 13.8. The second kappa shape index (κ2) is 5.78. The molecule has 4 nitrogen and oxygen atoms in total. The van der Waals surface area contributed by atoms with Gasteiger partial charge in [0.1, 0.15) is 5.69 Å². The number of unbranched alkanes of at least 4 members (excludes halogenated alkanes) is 1. The Morgan fingerprint density at radius 2 is 2.16 bits per heavy atom. The molecule has 0 saturated heterocycles. The zero-order valence-corrected chi connectivity index (χ0v) is 11.6. The molecule has 0 aliphatic heterocycles. The molecule has 0 bridgehead atoms. The second-order valence-electron chi connectivity index (χ2n) is 4.73. The lowest BCUT2D eigenvalue weighted by molar-refractivity contribution is 0.0757. The van der Waals surface area contributed by atoms with E-state index in [9.17, 15) is 4.79 Å². The zero-order valence-electron chi connectivity index (χ0n) is 11.6. The minimum absolute atomic E-state index is 0.0477. The number of carbonyl (C=O) groups is 1. The van der Waals surface area contributed by atoms with E-state index in [-0.39, 0.29) is 5.91 Å². The van der Waals surface area contributed by atoms with E-state index in [0.717, 1.165) is 36.8 Å². The fourth-order valence-electron chi connectivity index (χ4n) is 2.22. The van der Waals surface area contributed by atoms with E-state index in [1.807, 2.05) is 36.1 Å². The number of hydrogen-bond donors (Lipinski definition) is 2. The number of H-pyrrole nitrogens is 1. The molecular weight excluding hydrogens is 238 g/mol. The number of para-hydroxylation sites is 1. The molecule has 3 N–H and O–H groups in total. The maximum absolute atomic E-state index is 12.4. The lowest BCUT2D eigenvalue weighted by atomic mass is 10.2. The topological polar surface area (TPSA) is 62.1 Å². The maximum Gasteiger partial charge on any atom is 0.270 e. The Labute approximate surface area is 113 Å². The summed E-state index contributed by atoms with van der Waals surface area (Å²) >= 11 is 0. The average Bonchev–Trinajstić information content (AvgIpc) is 2.85. The summed E-state index contributed by atoms with van der Waals surface area (Å²) in [6.45, 7) is 5.66. The van der Waals surface area contributed by atoms with Crippen LogP contribution in [0, 0.1) is 0 Å². The SMILES string of the molecule is CCCCN(CC)C(=O)c1cc2cccc(N)c2[nH]1. The molecule has 0 radical (unpaired) electrons. The molecule has 102 valence electrons. The van der Waals surface area contributed by atoms with Crippen LogP contribution in [0.4, 0.5) is 5.69 Å². The highest BCUT2D eigenvalue weighted by atomic mass is 16.2. The summed E-state index contributed by atoms with van der Waals surface area (Å²) in [6, 6.07) is 7.57. The molecular formula is C15H21N3O. The number of nitrogens with zero attached hydrogens (tertiary/aromatic N) is 1. The molecule has 1 aromatic carbocycles. The van der Waals surface area contributed by atoms with Crippen LogP contribution in [0.1, 0.15) is 37.2 Å². The molecule has 0 saturated carbocycles. The Balaban J connectivity index is 2.27. The first-order valence-corrected chi connectivity index (χ1v) is 6.83. The quantitative estimate of drug-likeness (QED) is 0.811. The minimum atomic E-state index is 0.0477. The van der Waals surface area contributed by atoms with Crippen molar-refractivity contribution < 1.29 is 4.79 Å². The number of aromatic amines is 1. The molecule has 2 aromatic rings. The number of aromatic nitrogens is 1. The van der Waals surface area contributed by atoms with Crippen molar-refractivity contribution in [2.45, 2.75) is 26.7 Å². The van der Waals surface area contributed by atoms with Crippen molar-refractivity contribution in [1.82, 2.24) is 9.88 Å². The number of carbonyl (C=O) groups excluding carboxylic acids is 1. The fraction of sp³-hybridized carbons (Fsp3) is 0.400. The van der Waals surface area contributed by atoms with Crippen LogP contribution in [0.5, 0.6) is 0 Å². The number of rotatable bonds is 5. The van der Waals surface area contributed by atoms with Gasteiger partial charge >= 0.3 is 0 Å². The third-order valence-electron chi connectivity index (χ3n) is 3.37. The van der Waals surface area contributed by atoms with E-state index >= 15 is 0 Å². The van der Waals surface area contributed by atoms with Gasteiger partial charge < -0.3 is 15.6 Å². The molecule has 19 heavy (non-hydrogen) atoms. The number of benzene rings is 1. The van der Waals surface area contributed by atoms with Crippen LogP contribution in [-0.2, 0) is 0 Å². The van der Waals surface area contributed by atoms with Crippen LogP contribution in [0.15, 0.2) is 24.3 Å². The number of anilines is 1. The summed E-state index contributed by atoms with van der Waals surface area (Å²) in [7, 11) is 0. The monoisotopic (exact) mass is 259 g/mol. The van der Waals surface area contributed by atoms with Crippen molar-refractivity contribution in [2.24, 2.45) is 0 Å². The number of nitrogens with one attached hydrogen (secondary N) is 1. The van der Waals surface area contributed by atoms with Gasteiger partial charge in [-0.2, -0.15) is 0 Å². The van der Waals surface area contributed by atoms with E-state index in [1.54, 1.807) is 0 Å². The van der Waals surface area contributed by atoms with Gasteiger partial charge in [-0.25, -0.2) is 0 Å². The molecule has 0 atom stereocenters. The molecule has 2 rings (SSSR count). The van der Waals surface area contributed by atoms with Crippen molar-refractivity contribution in [1.29, 1.82) is 0 Å². The van der Waals surface area contributed by atoms with E-state index in [2.05, 4.69) is 11.9 Å². The fourth-order valence-corrected chi connectivity index (χ4v) is 2.22. The van der Waals surface area contributed by atoms with E-state index in [4.69, 9.17) is 5.73 Å². The summed E-state index contributed by atoms with van der Waals surface area (Å²) in [5.74, 6) is 0.0477. The molecule has 0 fully saturated rings. The largest absolute Gasteiger partial charge is 0.397 e. The van der Waals surface area contributed by atoms with Crippen molar-refractivity contribution >= 4 is 22.5 Å². The van der Waals surface area contributed by atoms with E-state index in [0.29, 0.717) is 11.4 Å². The molecule has 1 heterocycles. The van der Waals surface area contributed by atoms with Gasteiger partial charge in [-0.05, 0) is 25.5 Å². The first kappa shape index (κ1) is 13.5. The van der Waals surface area contributed by atoms with Gasteiger partial charge in [0.05, 0.1) is 11.2 Å². The number of fused-ring (bicyclic) bond motifs is 1. The Kier molecular flexibility index (Phi) is 4.10. The molecule has 1 aromatic heterocycles. The van der Waals surface area contributed by atoms with Gasteiger partial charge in [-0.3, -0.25) is 4.79 Å². The molecule has 0 unspecified atom stereocenters. The Morgan fingerprint density at radius 1 is 1.37 bits per heavy atom. The van der Waals surface area contributed by atoms with E-state index in [1.165, 1.54) is 0 Å². The van der Waals surface area contributed by atoms with Crippen molar-refractivity contribution in [3.8, 4) is 0 Å². The summed E-state index contributed by atoms with van der Waals surface area (Å²) in [5, 5.41) is 0.981. The number of hydrogen-bond acceptors (Lipinski definition) is 2. The van der Waals surface area contributed by atoms with Gasteiger partial charge in [0.15, 0.2) is 0 Å². The van der Waals surface area contributed by atoms with Crippen LogP contribution in [0.25, 0.3) is 10.9 Å². The predicted octanol–water partition coefficient (Wildman–Crippen LogP) is 3.01. The van der Waals surface area contributed by atoms with Crippen molar-refractivity contribution in [3.63, 3.8) is 0 Å². The molecule has 0 aliphatic carbocycles. The first-order valence-electron chi connectivity index (χ1n) is 6.83. The Morgan fingerprint density at radius 3 is 2.79 bits per heavy atom. The normalized spacial score (nSPS) is 10.8. The number of nitrogen functional groups attached to an aromatic ring is 1. The van der Waals surface area contributed by atoms with Crippen molar-refractivity contribution in [2.75, 3.05) is 18.8 Å². The van der Waals surface area contributed by atoms with Crippen LogP contribution in [0.2, 0.25) is 0 Å². The first-order chi connectivity index (χ1) is 9.17. The minimum Gasteiger partial charge on any atom is -0.397 e. The van der Waals surface area contributed by atoms with Crippen LogP contribution < -0.4 is 5.73 Å². The highest BCUT2D eigenvalue weighted by Gasteiger charge is 2.16. The number of nitrogens with two attached hydrogens (primary N) is 1. The summed E-state index contributed by atoms with van der Waals surface area (Å²) in [6.07, 6.45) is 2.12. The van der Waals surface area contributed by atoms with Gasteiger partial charge in [0.2, 0.25) is 0 Å². The van der Waals surface area contributed by atoms with Crippen LogP contribution in [-0.4, -0.2) is 28.9 Å². The highest BCUT2D eigenvalue weighted by Crippen LogP contribution is 2.21. The van der Waals surface area contributed by atoms with E-state index < -0.39 is 0 Å². The van der Waals surface area contributed by atoms with Gasteiger partial charge in [0.25, 0.3) is 5.91 Å². The van der Waals surface area contributed by atoms with Gasteiger partial charge in [-0.1, -0.05) is 25.5 Å². The standard InChI is InChI=1S/C15H21N3O/c1-3-5-9-18(4-2)15(19)13-10-11-7-6-8-12(16)14(11)17-13/h6-8,10,17H,3-5,9,16H2,1-2H3. The third kappa shape index (κ3) is 2.72. The highest BCUT2D eigenvalue weighted by molar-refractivity contribution is 6.00. The Hall–Kier alpha value is -1.97.